The second kappa shape index (κ2) is 8.92. The number of benzene rings is 1. The summed E-state index contributed by atoms with van der Waals surface area (Å²) in [5.41, 5.74) is 6.53. The molecular weight excluding hydrogens is 454 g/mol. The average molecular weight is 486 g/mol. The molecule has 0 amide bonds. The number of nitrogens with zero attached hydrogens (tertiary/aromatic N) is 3. The van der Waals surface area contributed by atoms with Crippen LogP contribution in [0, 0.1) is 11.3 Å². The van der Waals surface area contributed by atoms with E-state index in [2.05, 4.69) is 49.2 Å². The van der Waals surface area contributed by atoms with Gasteiger partial charge in [-0.1, -0.05) is 60.5 Å². The molecule has 0 bridgehead atoms. The number of halogens is 1. The molecule has 2 heterocycles. The minimum absolute atomic E-state index is 0.00800. The summed E-state index contributed by atoms with van der Waals surface area (Å²) >= 11 is 6.04. The quantitative estimate of drug-likeness (QED) is 0.436. The number of aliphatic imine (C=N–C) groups is 1. The summed E-state index contributed by atoms with van der Waals surface area (Å²) in [5, 5.41) is 12.6. The van der Waals surface area contributed by atoms with Crippen LogP contribution in [0.1, 0.15) is 50.4 Å². The van der Waals surface area contributed by atoms with Gasteiger partial charge in [-0.05, 0) is 74.1 Å². The van der Waals surface area contributed by atoms with E-state index in [1.165, 1.54) is 16.8 Å². The first kappa shape index (κ1) is 23.8. The third-order valence-electron chi connectivity index (χ3n) is 7.87. The van der Waals surface area contributed by atoms with Crippen LogP contribution >= 0.6 is 11.6 Å². The van der Waals surface area contributed by atoms with Gasteiger partial charge >= 0.3 is 0 Å². The lowest BCUT2D eigenvalue weighted by Gasteiger charge is -2.37. The third kappa shape index (κ3) is 4.19. The summed E-state index contributed by atoms with van der Waals surface area (Å²) < 4.78 is 1.85. The van der Waals surface area contributed by atoms with E-state index >= 15 is 0 Å². The molecule has 1 aliphatic heterocycles. The number of aryl methyl sites for hydroxylation is 1. The van der Waals surface area contributed by atoms with E-state index < -0.39 is 5.60 Å². The van der Waals surface area contributed by atoms with E-state index in [-0.39, 0.29) is 5.41 Å². The largest absolute Gasteiger partial charge is 0.375 e. The molecule has 5 rings (SSSR count). The fourth-order valence-corrected chi connectivity index (χ4v) is 5.66. The van der Waals surface area contributed by atoms with Crippen LogP contribution < -0.4 is 0 Å². The molecule has 0 saturated carbocycles. The van der Waals surface area contributed by atoms with Crippen molar-refractivity contribution in [3.8, 4) is 0 Å². The van der Waals surface area contributed by atoms with Crippen molar-refractivity contribution in [2.24, 2.45) is 23.4 Å². The van der Waals surface area contributed by atoms with Gasteiger partial charge in [0.05, 0.1) is 23.9 Å². The molecule has 4 nitrogen and oxygen atoms in total. The van der Waals surface area contributed by atoms with Crippen molar-refractivity contribution in [1.29, 1.82) is 0 Å². The van der Waals surface area contributed by atoms with Crippen molar-refractivity contribution < 1.29 is 5.11 Å². The van der Waals surface area contributed by atoms with E-state index in [9.17, 15) is 5.11 Å². The number of fused-ring (bicyclic) bond motifs is 2. The molecule has 0 radical (unpaired) electrons. The standard InChI is InChI=1S/C30H32ClN3O/c1-5-29(17-26-24-10-6-7-11-25(24)26)16-22-15-23(12-13-27(22)33-21(29)3)30(35,14-8-9-20(2)31)28-18-32-19-34(28)4/h6-15,18-19,24,35H,5,16-17H2,1-4H3/b14-8+,20-9+/t24-,29?,30?/m0/s1. The number of aromatic nitrogens is 2. The molecule has 1 aromatic carbocycles. The molecule has 2 aliphatic carbocycles. The number of rotatable bonds is 7. The molecule has 3 aliphatic rings. The molecule has 2 unspecified atom stereocenters. The first-order valence-electron chi connectivity index (χ1n) is 12.3. The van der Waals surface area contributed by atoms with Crippen LogP contribution in [-0.2, 0) is 19.1 Å². The zero-order valence-corrected chi connectivity index (χ0v) is 21.5. The number of allylic oxidation sites excluding steroid dienone is 9. The molecule has 0 spiro atoms. The van der Waals surface area contributed by atoms with Gasteiger partial charge in [0.15, 0.2) is 0 Å². The fourth-order valence-electron chi connectivity index (χ4n) is 5.58. The van der Waals surface area contributed by atoms with Gasteiger partial charge < -0.3 is 9.67 Å². The van der Waals surface area contributed by atoms with Crippen LogP contribution in [0.5, 0.6) is 0 Å². The van der Waals surface area contributed by atoms with Crippen LogP contribution in [0.15, 0.2) is 94.4 Å². The molecule has 5 heteroatoms. The van der Waals surface area contributed by atoms with E-state index in [1.54, 1.807) is 36.3 Å². The molecule has 3 atom stereocenters. The monoisotopic (exact) mass is 485 g/mol. The summed E-state index contributed by atoms with van der Waals surface area (Å²) in [5.74, 6) is 0.516. The highest BCUT2D eigenvalue weighted by Gasteiger charge is 2.43. The van der Waals surface area contributed by atoms with Gasteiger partial charge in [-0.2, -0.15) is 0 Å². The molecule has 1 N–H and O–H groups in total. The lowest BCUT2D eigenvalue weighted by Crippen LogP contribution is -2.34. The summed E-state index contributed by atoms with van der Waals surface area (Å²) in [6, 6.07) is 6.14. The van der Waals surface area contributed by atoms with Gasteiger partial charge in [-0.15, -0.1) is 0 Å². The minimum Gasteiger partial charge on any atom is -0.375 e. The Morgan fingerprint density at radius 3 is 2.83 bits per heavy atom. The van der Waals surface area contributed by atoms with Crippen molar-refractivity contribution in [1.82, 2.24) is 9.55 Å². The molecule has 1 aromatic heterocycles. The van der Waals surface area contributed by atoms with Gasteiger partial charge in [0.2, 0.25) is 0 Å². The summed E-state index contributed by atoms with van der Waals surface area (Å²) in [4.78, 5) is 9.33. The second-order valence-corrected chi connectivity index (χ2v) is 10.6. The van der Waals surface area contributed by atoms with Crippen LogP contribution in [0.25, 0.3) is 0 Å². The second-order valence-electron chi connectivity index (χ2n) is 10.00. The molecule has 0 fully saturated rings. The third-order valence-corrected chi connectivity index (χ3v) is 7.99. The normalized spacial score (nSPS) is 24.9. The van der Waals surface area contributed by atoms with Crippen molar-refractivity contribution in [3.05, 3.63) is 106 Å². The Kier molecular flexibility index (Phi) is 6.06. The summed E-state index contributed by atoms with van der Waals surface area (Å²) in [6.07, 6.45) is 20.6. The van der Waals surface area contributed by atoms with Crippen molar-refractivity contribution in [3.63, 3.8) is 0 Å². The van der Waals surface area contributed by atoms with Crippen LogP contribution in [0.2, 0.25) is 0 Å². The zero-order valence-electron chi connectivity index (χ0n) is 20.8. The smallest absolute Gasteiger partial charge is 0.150 e. The minimum atomic E-state index is -1.35. The van der Waals surface area contributed by atoms with Gasteiger partial charge in [-0.25, -0.2) is 4.98 Å². The van der Waals surface area contributed by atoms with Crippen LogP contribution in [0.4, 0.5) is 5.69 Å². The predicted molar refractivity (Wildman–Crippen MR) is 144 cm³/mol. The highest BCUT2D eigenvalue weighted by Crippen LogP contribution is 2.53. The van der Waals surface area contributed by atoms with Crippen LogP contribution in [-0.4, -0.2) is 20.4 Å². The average Bonchev–Trinajstić information content (AvgIpc) is 3.34. The van der Waals surface area contributed by atoms with E-state index in [0.717, 1.165) is 30.5 Å². The number of hydrogen-bond acceptors (Lipinski definition) is 3. The fraction of sp³-hybridized carbons (Fsp3) is 0.333. The van der Waals surface area contributed by atoms with Gasteiger partial charge in [0.1, 0.15) is 5.60 Å². The van der Waals surface area contributed by atoms with Crippen LogP contribution in [0.3, 0.4) is 0 Å². The maximum Gasteiger partial charge on any atom is 0.150 e. The SMILES string of the molecule is CCC1(CC2=C3C=CC=C[C@@H]32)Cc2cc(C(O)(/C=C/C=C(\C)Cl)c3cncn3C)ccc2N=C1C. The van der Waals surface area contributed by atoms with Gasteiger partial charge in [0.25, 0.3) is 0 Å². The van der Waals surface area contributed by atoms with Crippen molar-refractivity contribution >= 4 is 23.0 Å². The first-order chi connectivity index (χ1) is 16.8. The molecule has 35 heavy (non-hydrogen) atoms. The molecular formula is C30H32ClN3O. The Labute approximate surface area is 212 Å². The predicted octanol–water partition coefficient (Wildman–Crippen LogP) is 6.84. The number of imidazole rings is 1. The maximum absolute atomic E-state index is 12.0. The summed E-state index contributed by atoms with van der Waals surface area (Å²) in [6.45, 7) is 6.27. The van der Waals surface area contributed by atoms with Gasteiger partial charge in [-0.3, -0.25) is 4.99 Å². The number of hydrogen-bond donors (Lipinski definition) is 1. The topological polar surface area (TPSA) is 50.4 Å². The Balaban J connectivity index is 1.54. The van der Waals surface area contributed by atoms with Gasteiger partial charge in [0, 0.05) is 29.1 Å². The van der Waals surface area contributed by atoms with E-state index in [4.69, 9.17) is 16.6 Å². The lowest BCUT2D eigenvalue weighted by molar-refractivity contribution is 0.126. The highest BCUT2D eigenvalue weighted by atomic mass is 35.5. The molecule has 2 aromatic rings. The van der Waals surface area contributed by atoms with E-state index in [0.29, 0.717) is 16.6 Å². The highest BCUT2D eigenvalue weighted by molar-refractivity contribution is 6.29. The zero-order chi connectivity index (χ0) is 24.8. The van der Waals surface area contributed by atoms with Crippen molar-refractivity contribution in [2.45, 2.75) is 45.6 Å². The summed E-state index contributed by atoms with van der Waals surface area (Å²) in [7, 11) is 1.89. The van der Waals surface area contributed by atoms with Crippen molar-refractivity contribution in [2.75, 3.05) is 0 Å². The molecule has 180 valence electrons. The number of aliphatic hydroxyl groups is 1. The Morgan fingerprint density at radius 2 is 2.17 bits per heavy atom. The Hall–Kier alpha value is -2.95. The lowest BCUT2D eigenvalue weighted by atomic mass is 9.70. The van der Waals surface area contributed by atoms with E-state index in [1.807, 2.05) is 30.7 Å². The Bertz CT molecular complexity index is 1350. The first-order valence-corrected chi connectivity index (χ1v) is 12.6. The maximum atomic E-state index is 12.0. The Morgan fingerprint density at radius 1 is 1.34 bits per heavy atom. The molecule has 0 saturated heterocycles.